The zero-order valence-corrected chi connectivity index (χ0v) is 20.5. The van der Waals surface area contributed by atoms with E-state index in [1.54, 1.807) is 7.11 Å². The minimum absolute atomic E-state index is 0.0630. The highest BCUT2D eigenvalue weighted by atomic mass is 28.4. The highest BCUT2D eigenvalue weighted by molar-refractivity contribution is 6.74. The monoisotopic (exact) mass is 438 g/mol. The topological polar surface area (TPSA) is 84.2 Å². The summed E-state index contributed by atoms with van der Waals surface area (Å²) in [5, 5.41) is 3.55. The van der Waals surface area contributed by atoms with Crippen LogP contribution < -0.4 is 15.8 Å². The fourth-order valence-corrected chi connectivity index (χ4v) is 4.78. The van der Waals surface area contributed by atoms with Gasteiger partial charge < -0.3 is 34.4 Å². The summed E-state index contributed by atoms with van der Waals surface area (Å²) >= 11 is 0. The Morgan fingerprint density at radius 3 is 2.27 bits per heavy atom. The molecule has 2 fully saturated rings. The molecule has 0 spiro atoms. The molecule has 1 aromatic carbocycles. The molecule has 2 heterocycles. The number of benzene rings is 1. The molecule has 2 aliphatic rings. The molecule has 1 aromatic rings. The van der Waals surface area contributed by atoms with Crippen LogP contribution in [0.15, 0.2) is 24.3 Å². The van der Waals surface area contributed by atoms with E-state index >= 15 is 0 Å². The molecule has 3 rings (SSSR count). The van der Waals surface area contributed by atoms with E-state index in [1.807, 2.05) is 38.1 Å². The lowest BCUT2D eigenvalue weighted by Gasteiger charge is -2.39. The largest absolute Gasteiger partial charge is 0.497 e. The van der Waals surface area contributed by atoms with Crippen LogP contribution in [0, 0.1) is 0 Å². The van der Waals surface area contributed by atoms with Crippen molar-refractivity contribution in [1.29, 1.82) is 0 Å². The molecule has 0 bridgehead atoms. The molecule has 3 N–H and O–H groups in total. The number of fused-ring (bicyclic) bond motifs is 1. The third-order valence-corrected chi connectivity index (χ3v) is 10.8. The molecule has 0 saturated carbocycles. The summed E-state index contributed by atoms with van der Waals surface area (Å²) in [6.45, 7) is 15.3. The average Bonchev–Trinajstić information content (AvgIpc) is 3.13. The van der Waals surface area contributed by atoms with Gasteiger partial charge in [-0.25, -0.2) is 0 Å². The number of nitrogens with one attached hydrogen (secondary N) is 1. The van der Waals surface area contributed by atoms with Gasteiger partial charge in [-0.1, -0.05) is 20.8 Å². The standard InChI is InChI=1S/C22H38N2O5Si/c1-21(2,3)30(7,8)29-20-19-18(27-22(4,5)28-19)17(26-20)16(13-23)24-14-9-11-15(25-6)12-10-14/h9-12,16-20,24H,13,23H2,1-8H3/t16-,17-,18+,19+,20-/m1/s1. The number of anilines is 1. The molecule has 0 amide bonds. The molecular formula is C22H38N2O5Si. The van der Waals surface area contributed by atoms with Gasteiger partial charge in [0.1, 0.15) is 24.1 Å². The Kier molecular flexibility index (Phi) is 6.58. The predicted molar refractivity (Wildman–Crippen MR) is 120 cm³/mol. The van der Waals surface area contributed by atoms with Gasteiger partial charge in [0.2, 0.25) is 0 Å². The molecule has 170 valence electrons. The minimum Gasteiger partial charge on any atom is -0.497 e. The summed E-state index contributed by atoms with van der Waals surface area (Å²) in [7, 11) is -0.409. The first-order chi connectivity index (χ1) is 13.9. The Morgan fingerprint density at radius 1 is 1.13 bits per heavy atom. The predicted octanol–water partition coefficient (Wildman–Crippen LogP) is 3.70. The van der Waals surface area contributed by atoms with E-state index in [0.717, 1.165) is 11.4 Å². The number of hydrogen-bond acceptors (Lipinski definition) is 7. The second-order valence-electron chi connectivity index (χ2n) is 10.1. The quantitative estimate of drug-likeness (QED) is 0.628. The zero-order chi connectivity index (χ0) is 22.3. The number of methoxy groups -OCH3 is 1. The van der Waals surface area contributed by atoms with Gasteiger partial charge in [-0.2, -0.15) is 0 Å². The van der Waals surface area contributed by atoms with E-state index in [0.29, 0.717) is 6.54 Å². The van der Waals surface area contributed by atoms with Crippen LogP contribution in [-0.2, 0) is 18.6 Å². The summed E-state index contributed by atoms with van der Waals surface area (Å²) < 4.78 is 30.7. The Morgan fingerprint density at radius 2 is 1.73 bits per heavy atom. The molecule has 0 aliphatic carbocycles. The van der Waals surface area contributed by atoms with Crippen molar-refractivity contribution in [2.75, 3.05) is 19.0 Å². The van der Waals surface area contributed by atoms with Crippen LogP contribution in [-0.4, -0.2) is 58.4 Å². The lowest BCUT2D eigenvalue weighted by molar-refractivity contribution is -0.217. The third kappa shape index (κ3) is 4.84. The first kappa shape index (κ1) is 23.5. The summed E-state index contributed by atoms with van der Waals surface area (Å²) in [5.74, 6) is 0.116. The van der Waals surface area contributed by atoms with Crippen LogP contribution >= 0.6 is 0 Å². The Balaban J connectivity index is 1.80. The maximum atomic E-state index is 6.60. The van der Waals surface area contributed by atoms with Gasteiger partial charge in [-0.3, -0.25) is 0 Å². The van der Waals surface area contributed by atoms with E-state index in [9.17, 15) is 0 Å². The van der Waals surface area contributed by atoms with E-state index in [-0.39, 0.29) is 29.4 Å². The number of rotatable bonds is 7. The molecule has 2 aliphatic heterocycles. The van der Waals surface area contributed by atoms with Crippen LogP contribution in [0.1, 0.15) is 34.6 Å². The van der Waals surface area contributed by atoms with E-state index in [4.69, 9.17) is 29.1 Å². The maximum absolute atomic E-state index is 6.60. The highest BCUT2D eigenvalue weighted by Gasteiger charge is 2.59. The second kappa shape index (κ2) is 8.41. The SMILES string of the molecule is COc1ccc(N[C@H](CN)[C@H]2O[C@H](O[Si](C)(C)C(C)(C)C)[C@H]3OC(C)(C)O[C@H]32)cc1. The van der Waals surface area contributed by atoms with Crippen molar-refractivity contribution in [3.8, 4) is 5.75 Å². The van der Waals surface area contributed by atoms with Crippen LogP contribution in [0.4, 0.5) is 5.69 Å². The molecule has 7 nitrogen and oxygen atoms in total. The molecular weight excluding hydrogens is 400 g/mol. The van der Waals surface area contributed by atoms with Crippen LogP contribution in [0.2, 0.25) is 18.1 Å². The first-order valence-electron chi connectivity index (χ1n) is 10.7. The zero-order valence-electron chi connectivity index (χ0n) is 19.5. The van der Waals surface area contributed by atoms with Gasteiger partial charge in [-0.05, 0) is 56.2 Å². The van der Waals surface area contributed by atoms with Crippen molar-refractivity contribution in [1.82, 2.24) is 0 Å². The molecule has 8 heteroatoms. The average molecular weight is 439 g/mol. The normalized spacial score (nSPS) is 29.5. The number of ether oxygens (including phenoxy) is 4. The summed E-state index contributed by atoms with van der Waals surface area (Å²) in [5.41, 5.74) is 7.10. The molecule has 0 radical (unpaired) electrons. The third-order valence-electron chi connectivity index (χ3n) is 6.36. The summed E-state index contributed by atoms with van der Waals surface area (Å²) in [6, 6.07) is 7.60. The number of nitrogens with two attached hydrogens (primary N) is 1. The van der Waals surface area contributed by atoms with E-state index in [2.05, 4.69) is 39.2 Å². The lowest BCUT2D eigenvalue weighted by Crippen LogP contribution is -2.47. The maximum Gasteiger partial charge on any atom is 0.195 e. The van der Waals surface area contributed by atoms with Gasteiger partial charge in [-0.15, -0.1) is 0 Å². The van der Waals surface area contributed by atoms with Gasteiger partial charge in [0, 0.05) is 12.2 Å². The van der Waals surface area contributed by atoms with Crippen molar-refractivity contribution in [3.05, 3.63) is 24.3 Å². The highest BCUT2D eigenvalue weighted by Crippen LogP contribution is 2.44. The smallest absolute Gasteiger partial charge is 0.195 e. The molecule has 0 unspecified atom stereocenters. The molecule has 2 saturated heterocycles. The van der Waals surface area contributed by atoms with Gasteiger partial charge in [0.05, 0.1) is 13.2 Å². The first-order valence-corrected chi connectivity index (χ1v) is 13.6. The lowest BCUT2D eigenvalue weighted by atomic mass is 10.0. The Bertz CT molecular complexity index is 719. The van der Waals surface area contributed by atoms with Gasteiger partial charge in [0.15, 0.2) is 20.4 Å². The van der Waals surface area contributed by atoms with Crippen molar-refractivity contribution in [3.63, 3.8) is 0 Å². The molecule has 5 atom stereocenters. The molecule has 0 aromatic heterocycles. The summed E-state index contributed by atoms with van der Waals surface area (Å²) in [4.78, 5) is 0. The number of hydrogen-bond donors (Lipinski definition) is 2. The molecule has 30 heavy (non-hydrogen) atoms. The van der Waals surface area contributed by atoms with Crippen molar-refractivity contribution in [2.24, 2.45) is 5.73 Å². The Labute approximate surface area is 181 Å². The summed E-state index contributed by atoms with van der Waals surface area (Å²) in [6.07, 6.45) is -1.31. The second-order valence-corrected chi connectivity index (χ2v) is 14.9. The van der Waals surface area contributed by atoms with Crippen molar-refractivity contribution in [2.45, 2.75) is 89.2 Å². The fraction of sp³-hybridized carbons (Fsp3) is 0.727. The van der Waals surface area contributed by atoms with Crippen molar-refractivity contribution < 1.29 is 23.4 Å². The van der Waals surface area contributed by atoms with Crippen LogP contribution in [0.3, 0.4) is 0 Å². The Hall–Kier alpha value is -1.16. The fourth-order valence-electron chi connectivity index (χ4n) is 3.65. The van der Waals surface area contributed by atoms with Gasteiger partial charge in [0.25, 0.3) is 0 Å². The van der Waals surface area contributed by atoms with Gasteiger partial charge >= 0.3 is 0 Å². The minimum atomic E-state index is -2.06. The van der Waals surface area contributed by atoms with Crippen LogP contribution in [0.25, 0.3) is 0 Å². The van der Waals surface area contributed by atoms with Crippen LogP contribution in [0.5, 0.6) is 5.75 Å². The van der Waals surface area contributed by atoms with E-state index < -0.39 is 20.4 Å². The van der Waals surface area contributed by atoms with Crippen molar-refractivity contribution >= 4 is 14.0 Å². The van der Waals surface area contributed by atoms with E-state index in [1.165, 1.54) is 0 Å².